The second kappa shape index (κ2) is 8.43. The summed E-state index contributed by atoms with van der Waals surface area (Å²) in [6, 6.07) is 9.84. The van der Waals surface area contributed by atoms with Crippen molar-refractivity contribution in [2.24, 2.45) is 5.92 Å². The maximum Gasteiger partial charge on any atom is 0.270 e. The Morgan fingerprint density at radius 1 is 1.18 bits per heavy atom. The molecular formula is C20H20FN5OS. The highest BCUT2D eigenvalue weighted by Crippen LogP contribution is 2.24. The van der Waals surface area contributed by atoms with Crippen LogP contribution in [0, 0.1) is 11.7 Å². The van der Waals surface area contributed by atoms with Gasteiger partial charge in [0.1, 0.15) is 10.7 Å². The molecule has 0 aliphatic carbocycles. The Morgan fingerprint density at radius 3 is 2.61 bits per heavy atom. The molecule has 144 valence electrons. The second-order valence-corrected chi connectivity index (χ2v) is 7.60. The third-order valence-corrected chi connectivity index (χ3v) is 5.70. The molecule has 4 rings (SSSR count). The van der Waals surface area contributed by atoms with Gasteiger partial charge < -0.3 is 10.2 Å². The third kappa shape index (κ3) is 4.33. The van der Waals surface area contributed by atoms with Crippen molar-refractivity contribution >= 4 is 23.2 Å². The van der Waals surface area contributed by atoms with Crippen LogP contribution >= 0.6 is 11.3 Å². The standard InChI is InChI=1S/C20H20FN5OS/c21-16-11-23-20(24-12-16)26-8-6-14(7-9-26)10-22-18(27)17-13-28-19(25-17)15-4-2-1-3-5-15/h1-5,11-14H,6-10H2,(H,22,27). The zero-order valence-corrected chi connectivity index (χ0v) is 16.0. The third-order valence-electron chi connectivity index (χ3n) is 4.81. The Morgan fingerprint density at radius 2 is 1.89 bits per heavy atom. The van der Waals surface area contributed by atoms with Crippen LogP contribution in [-0.4, -0.2) is 40.5 Å². The topological polar surface area (TPSA) is 71.0 Å². The highest BCUT2D eigenvalue weighted by molar-refractivity contribution is 7.13. The van der Waals surface area contributed by atoms with E-state index in [1.807, 2.05) is 35.2 Å². The minimum atomic E-state index is -0.432. The summed E-state index contributed by atoms with van der Waals surface area (Å²) in [5.74, 6) is 0.384. The van der Waals surface area contributed by atoms with Crippen LogP contribution in [0.2, 0.25) is 0 Å². The van der Waals surface area contributed by atoms with Gasteiger partial charge >= 0.3 is 0 Å². The molecule has 0 atom stereocenters. The minimum Gasteiger partial charge on any atom is -0.350 e. The van der Waals surface area contributed by atoms with Gasteiger partial charge in [0, 0.05) is 30.6 Å². The van der Waals surface area contributed by atoms with E-state index < -0.39 is 5.82 Å². The fraction of sp³-hybridized carbons (Fsp3) is 0.300. The van der Waals surface area contributed by atoms with Gasteiger partial charge in [-0.1, -0.05) is 30.3 Å². The molecule has 1 amide bonds. The van der Waals surface area contributed by atoms with E-state index in [2.05, 4.69) is 20.3 Å². The quantitative estimate of drug-likeness (QED) is 0.715. The van der Waals surface area contributed by atoms with E-state index >= 15 is 0 Å². The first-order valence-electron chi connectivity index (χ1n) is 9.20. The molecule has 3 aromatic rings. The summed E-state index contributed by atoms with van der Waals surface area (Å²) in [6.07, 6.45) is 4.22. The SMILES string of the molecule is O=C(NCC1CCN(c2ncc(F)cn2)CC1)c1csc(-c2ccccc2)n1. The molecule has 1 fully saturated rings. The highest BCUT2D eigenvalue weighted by Gasteiger charge is 2.22. The number of piperidine rings is 1. The van der Waals surface area contributed by atoms with Gasteiger partial charge in [-0.05, 0) is 18.8 Å². The average Bonchev–Trinajstić information content (AvgIpc) is 3.24. The Hall–Kier alpha value is -2.87. The number of amides is 1. The van der Waals surface area contributed by atoms with Crippen molar-refractivity contribution in [2.45, 2.75) is 12.8 Å². The van der Waals surface area contributed by atoms with E-state index in [0.29, 0.717) is 24.1 Å². The first kappa shape index (κ1) is 18.5. The number of nitrogens with one attached hydrogen (secondary N) is 1. The van der Waals surface area contributed by atoms with Crippen LogP contribution in [0.25, 0.3) is 10.6 Å². The smallest absolute Gasteiger partial charge is 0.270 e. The lowest BCUT2D eigenvalue weighted by atomic mass is 9.97. The van der Waals surface area contributed by atoms with Gasteiger partial charge in [0.25, 0.3) is 5.91 Å². The van der Waals surface area contributed by atoms with Crippen molar-refractivity contribution in [3.05, 3.63) is 59.6 Å². The first-order chi connectivity index (χ1) is 13.7. The Kier molecular flexibility index (Phi) is 5.57. The zero-order valence-electron chi connectivity index (χ0n) is 15.2. The van der Waals surface area contributed by atoms with Crippen molar-refractivity contribution in [3.63, 3.8) is 0 Å². The summed E-state index contributed by atoms with van der Waals surface area (Å²) in [5, 5.41) is 5.64. The van der Waals surface area contributed by atoms with Crippen LogP contribution in [0.15, 0.2) is 48.1 Å². The Bertz CT molecular complexity index is 923. The summed E-state index contributed by atoms with van der Waals surface area (Å²) >= 11 is 1.47. The summed E-state index contributed by atoms with van der Waals surface area (Å²) < 4.78 is 12.9. The molecule has 1 saturated heterocycles. The van der Waals surface area contributed by atoms with Gasteiger partial charge in [0.15, 0.2) is 5.82 Å². The van der Waals surface area contributed by atoms with Crippen LogP contribution in [0.4, 0.5) is 10.3 Å². The van der Waals surface area contributed by atoms with Gasteiger partial charge in [-0.25, -0.2) is 19.3 Å². The molecule has 0 bridgehead atoms. The van der Waals surface area contributed by atoms with Gasteiger partial charge in [0.2, 0.25) is 5.95 Å². The lowest BCUT2D eigenvalue weighted by Gasteiger charge is -2.31. The van der Waals surface area contributed by atoms with Crippen LogP contribution in [-0.2, 0) is 0 Å². The zero-order chi connectivity index (χ0) is 19.3. The molecule has 0 saturated carbocycles. The lowest BCUT2D eigenvalue weighted by Crippen LogP contribution is -2.39. The molecule has 1 aliphatic heterocycles. The predicted octanol–water partition coefficient (Wildman–Crippen LogP) is 3.39. The van der Waals surface area contributed by atoms with Crippen molar-refractivity contribution in [2.75, 3.05) is 24.5 Å². The highest BCUT2D eigenvalue weighted by atomic mass is 32.1. The fourth-order valence-electron chi connectivity index (χ4n) is 3.22. The molecule has 1 N–H and O–H groups in total. The number of rotatable bonds is 5. The van der Waals surface area contributed by atoms with Crippen LogP contribution < -0.4 is 10.2 Å². The summed E-state index contributed by atoms with van der Waals surface area (Å²) in [5.41, 5.74) is 1.47. The van der Waals surface area contributed by atoms with E-state index in [1.165, 1.54) is 23.7 Å². The van der Waals surface area contributed by atoms with Crippen LogP contribution in [0.1, 0.15) is 23.3 Å². The van der Waals surface area contributed by atoms with Crippen LogP contribution in [0.5, 0.6) is 0 Å². The molecule has 0 spiro atoms. The number of aromatic nitrogens is 3. The van der Waals surface area contributed by atoms with Gasteiger partial charge in [-0.15, -0.1) is 11.3 Å². The van der Waals surface area contributed by atoms with Crippen molar-refractivity contribution < 1.29 is 9.18 Å². The number of hydrogen-bond acceptors (Lipinski definition) is 6. The van der Waals surface area contributed by atoms with Crippen molar-refractivity contribution in [3.8, 4) is 10.6 Å². The first-order valence-corrected chi connectivity index (χ1v) is 10.1. The normalized spacial score (nSPS) is 14.8. The molecule has 8 heteroatoms. The maximum absolute atomic E-state index is 12.9. The Balaban J connectivity index is 1.27. The number of carbonyl (C=O) groups is 1. The summed E-state index contributed by atoms with van der Waals surface area (Å²) in [6.45, 7) is 2.21. The second-order valence-electron chi connectivity index (χ2n) is 6.75. The molecule has 1 aliphatic rings. The average molecular weight is 397 g/mol. The van der Waals surface area contributed by atoms with Crippen LogP contribution in [0.3, 0.4) is 0 Å². The number of halogens is 1. The van der Waals surface area contributed by atoms with Crippen molar-refractivity contribution in [1.29, 1.82) is 0 Å². The number of carbonyl (C=O) groups excluding carboxylic acids is 1. The van der Waals surface area contributed by atoms with E-state index in [-0.39, 0.29) is 5.91 Å². The lowest BCUT2D eigenvalue weighted by molar-refractivity contribution is 0.0940. The molecule has 0 radical (unpaired) electrons. The molecule has 6 nitrogen and oxygen atoms in total. The van der Waals surface area contributed by atoms with E-state index in [4.69, 9.17) is 0 Å². The van der Waals surface area contributed by atoms with Gasteiger partial charge in [-0.3, -0.25) is 4.79 Å². The predicted molar refractivity (Wildman–Crippen MR) is 107 cm³/mol. The number of anilines is 1. The number of benzene rings is 1. The fourth-order valence-corrected chi connectivity index (χ4v) is 4.03. The number of hydrogen-bond donors (Lipinski definition) is 1. The number of nitrogens with zero attached hydrogens (tertiary/aromatic N) is 4. The summed E-state index contributed by atoms with van der Waals surface area (Å²) in [4.78, 5) is 27.0. The molecular weight excluding hydrogens is 377 g/mol. The van der Waals surface area contributed by atoms with E-state index in [9.17, 15) is 9.18 Å². The molecule has 3 heterocycles. The minimum absolute atomic E-state index is 0.136. The molecule has 1 aromatic carbocycles. The Labute approximate surface area is 166 Å². The van der Waals surface area contributed by atoms with Gasteiger partial charge in [-0.2, -0.15) is 0 Å². The molecule has 28 heavy (non-hydrogen) atoms. The monoisotopic (exact) mass is 397 g/mol. The molecule has 0 unspecified atom stereocenters. The van der Waals surface area contributed by atoms with E-state index in [0.717, 1.165) is 36.5 Å². The van der Waals surface area contributed by atoms with E-state index in [1.54, 1.807) is 5.38 Å². The van der Waals surface area contributed by atoms with Crippen molar-refractivity contribution in [1.82, 2.24) is 20.3 Å². The summed E-state index contributed by atoms with van der Waals surface area (Å²) in [7, 11) is 0. The largest absolute Gasteiger partial charge is 0.350 e. The van der Waals surface area contributed by atoms with Gasteiger partial charge in [0.05, 0.1) is 12.4 Å². The molecule has 2 aromatic heterocycles. The maximum atomic E-state index is 12.9. The number of thiazole rings is 1.